The van der Waals surface area contributed by atoms with Crippen molar-refractivity contribution in [1.82, 2.24) is 5.32 Å². The minimum Gasteiger partial charge on any atom is -0.396 e. The molecule has 3 aliphatic heterocycles. The largest absolute Gasteiger partial charge is 0.396 e. The molecule has 1 amide bonds. The van der Waals surface area contributed by atoms with E-state index in [1.807, 2.05) is 0 Å². The summed E-state index contributed by atoms with van der Waals surface area (Å²) in [7, 11) is 0. The molecule has 3 rings (SSSR count). The third-order valence-corrected chi connectivity index (χ3v) is 4.05. The lowest BCUT2D eigenvalue weighted by Crippen LogP contribution is -2.59. The van der Waals surface area contributed by atoms with Gasteiger partial charge in [0.2, 0.25) is 0 Å². The maximum Gasteiger partial charge on any atom is 0.252 e. The predicted octanol–water partition coefficient (Wildman–Crippen LogP) is -0.118. The smallest absolute Gasteiger partial charge is 0.252 e. The first-order chi connectivity index (χ1) is 10.7. The van der Waals surface area contributed by atoms with E-state index in [1.54, 1.807) is 27.7 Å². The first-order valence-corrected chi connectivity index (χ1v) is 7.98. The molecule has 2 N–H and O–H groups in total. The quantitative estimate of drug-likeness (QED) is 0.694. The van der Waals surface area contributed by atoms with Gasteiger partial charge in [0.05, 0.1) is 0 Å². The molecular weight excluding hydrogens is 306 g/mol. The van der Waals surface area contributed by atoms with Crippen LogP contribution in [-0.2, 0) is 28.5 Å². The Labute approximate surface area is 135 Å². The Morgan fingerprint density at radius 3 is 2.30 bits per heavy atom. The Hall–Kier alpha value is -0.770. The molecule has 0 aromatic carbocycles. The van der Waals surface area contributed by atoms with Crippen LogP contribution in [0.4, 0.5) is 0 Å². The number of carbonyl (C=O) groups excluding carboxylic acids is 1. The SMILES string of the molecule is CC1(C)O[C@@H]2O[C@H](C(=O)NCCCO)[C@@H]3OC(C)(C)O[C@@H]3[C@@H]2O1. The van der Waals surface area contributed by atoms with Gasteiger partial charge in [-0.1, -0.05) is 0 Å². The number of aliphatic hydroxyl groups is 1. The zero-order chi connectivity index (χ0) is 16.8. The summed E-state index contributed by atoms with van der Waals surface area (Å²) in [4.78, 5) is 12.4. The Morgan fingerprint density at radius 2 is 1.61 bits per heavy atom. The molecular formula is C15H25NO7. The normalized spacial score (nSPS) is 40.5. The van der Waals surface area contributed by atoms with E-state index in [1.165, 1.54) is 0 Å². The fraction of sp³-hybridized carbons (Fsp3) is 0.933. The molecule has 23 heavy (non-hydrogen) atoms. The van der Waals surface area contributed by atoms with E-state index in [0.29, 0.717) is 13.0 Å². The van der Waals surface area contributed by atoms with E-state index < -0.39 is 42.3 Å². The van der Waals surface area contributed by atoms with E-state index in [2.05, 4.69) is 5.32 Å². The molecule has 0 radical (unpaired) electrons. The fourth-order valence-corrected chi connectivity index (χ4v) is 3.21. The maximum absolute atomic E-state index is 12.4. The van der Waals surface area contributed by atoms with Crippen LogP contribution in [0, 0.1) is 0 Å². The number of hydrogen-bond acceptors (Lipinski definition) is 7. The van der Waals surface area contributed by atoms with Crippen molar-refractivity contribution < 1.29 is 33.6 Å². The van der Waals surface area contributed by atoms with E-state index in [4.69, 9.17) is 28.8 Å². The predicted molar refractivity (Wildman–Crippen MR) is 77.2 cm³/mol. The highest BCUT2D eigenvalue weighted by molar-refractivity contribution is 5.81. The number of hydrogen-bond donors (Lipinski definition) is 2. The van der Waals surface area contributed by atoms with Crippen LogP contribution in [-0.4, -0.2) is 66.4 Å². The van der Waals surface area contributed by atoms with Crippen LogP contribution in [0.5, 0.6) is 0 Å². The molecule has 0 aromatic rings. The van der Waals surface area contributed by atoms with Crippen LogP contribution in [0.15, 0.2) is 0 Å². The minimum atomic E-state index is -0.848. The Bertz CT molecular complexity index is 467. The second kappa shape index (κ2) is 5.94. The summed E-state index contributed by atoms with van der Waals surface area (Å²) in [6, 6.07) is 0. The Morgan fingerprint density at radius 1 is 1.00 bits per heavy atom. The van der Waals surface area contributed by atoms with Crippen LogP contribution in [0.1, 0.15) is 34.1 Å². The molecule has 0 aliphatic carbocycles. The standard InChI is InChI=1S/C15H25NO7/c1-14(2)20-8-9(21-14)11-13(23-15(3,4)22-11)19-10(8)12(18)16-6-5-7-17/h8-11,13,17H,5-7H2,1-4H3,(H,16,18)/t8-,9+,10+,11+,13+/m1/s1. The summed E-state index contributed by atoms with van der Waals surface area (Å²) in [5, 5.41) is 11.6. The zero-order valence-corrected chi connectivity index (χ0v) is 13.9. The average molecular weight is 331 g/mol. The number of amides is 1. The van der Waals surface area contributed by atoms with Gasteiger partial charge in [-0.3, -0.25) is 4.79 Å². The van der Waals surface area contributed by atoms with Crippen LogP contribution in [0.3, 0.4) is 0 Å². The molecule has 132 valence electrons. The van der Waals surface area contributed by atoms with Gasteiger partial charge in [0.1, 0.15) is 18.3 Å². The van der Waals surface area contributed by atoms with Gasteiger partial charge in [0.15, 0.2) is 24.0 Å². The molecule has 3 aliphatic rings. The first-order valence-electron chi connectivity index (χ1n) is 7.98. The van der Waals surface area contributed by atoms with E-state index in [9.17, 15) is 4.79 Å². The number of fused-ring (bicyclic) bond motifs is 3. The van der Waals surface area contributed by atoms with Crippen molar-refractivity contribution in [3.05, 3.63) is 0 Å². The van der Waals surface area contributed by atoms with Crippen molar-refractivity contribution >= 4 is 5.91 Å². The summed E-state index contributed by atoms with van der Waals surface area (Å²) >= 11 is 0. The second-order valence-electron chi connectivity index (χ2n) is 6.96. The molecule has 3 saturated heterocycles. The van der Waals surface area contributed by atoms with Crippen molar-refractivity contribution in [2.45, 2.75) is 76.4 Å². The third kappa shape index (κ3) is 3.38. The van der Waals surface area contributed by atoms with E-state index >= 15 is 0 Å². The highest BCUT2D eigenvalue weighted by atomic mass is 16.9. The van der Waals surface area contributed by atoms with Crippen molar-refractivity contribution in [1.29, 1.82) is 0 Å². The summed E-state index contributed by atoms with van der Waals surface area (Å²) in [5.41, 5.74) is 0. The van der Waals surface area contributed by atoms with Gasteiger partial charge in [-0.15, -0.1) is 0 Å². The monoisotopic (exact) mass is 331 g/mol. The third-order valence-electron chi connectivity index (χ3n) is 4.05. The molecule has 3 fully saturated rings. The van der Waals surface area contributed by atoms with Crippen molar-refractivity contribution in [3.8, 4) is 0 Å². The molecule has 5 atom stereocenters. The van der Waals surface area contributed by atoms with Crippen LogP contribution in [0.2, 0.25) is 0 Å². The van der Waals surface area contributed by atoms with E-state index in [0.717, 1.165) is 0 Å². The highest BCUT2D eigenvalue weighted by Crippen LogP contribution is 2.44. The molecule has 0 aromatic heterocycles. The number of ether oxygens (including phenoxy) is 5. The van der Waals surface area contributed by atoms with Crippen molar-refractivity contribution in [3.63, 3.8) is 0 Å². The lowest BCUT2D eigenvalue weighted by Gasteiger charge is -2.36. The molecule has 0 unspecified atom stereocenters. The Kier molecular flexibility index (Phi) is 4.41. The highest BCUT2D eigenvalue weighted by Gasteiger charge is 2.62. The van der Waals surface area contributed by atoms with Gasteiger partial charge < -0.3 is 34.1 Å². The van der Waals surface area contributed by atoms with Crippen LogP contribution >= 0.6 is 0 Å². The first kappa shape index (κ1) is 17.1. The van der Waals surface area contributed by atoms with Gasteiger partial charge in [-0.25, -0.2) is 0 Å². The minimum absolute atomic E-state index is 0.0142. The topological polar surface area (TPSA) is 95.5 Å². The Balaban J connectivity index is 1.77. The van der Waals surface area contributed by atoms with E-state index in [-0.39, 0.29) is 12.5 Å². The van der Waals surface area contributed by atoms with Crippen LogP contribution < -0.4 is 5.32 Å². The number of nitrogens with one attached hydrogen (secondary N) is 1. The number of aliphatic hydroxyl groups excluding tert-OH is 1. The average Bonchev–Trinajstić information content (AvgIpc) is 2.92. The van der Waals surface area contributed by atoms with Gasteiger partial charge in [-0.05, 0) is 34.1 Å². The summed E-state index contributed by atoms with van der Waals surface area (Å²) in [5.74, 6) is -1.94. The summed E-state index contributed by atoms with van der Waals surface area (Å²) < 4.78 is 29.2. The molecule has 0 saturated carbocycles. The molecule has 8 heteroatoms. The maximum atomic E-state index is 12.4. The van der Waals surface area contributed by atoms with Gasteiger partial charge in [-0.2, -0.15) is 0 Å². The molecule has 0 spiro atoms. The van der Waals surface area contributed by atoms with Gasteiger partial charge >= 0.3 is 0 Å². The van der Waals surface area contributed by atoms with Crippen molar-refractivity contribution in [2.75, 3.05) is 13.2 Å². The lowest BCUT2D eigenvalue weighted by atomic mass is 9.98. The number of rotatable bonds is 4. The summed E-state index contributed by atoms with van der Waals surface area (Å²) in [6.45, 7) is 7.56. The second-order valence-corrected chi connectivity index (χ2v) is 6.96. The molecule has 8 nitrogen and oxygen atoms in total. The number of carbonyl (C=O) groups is 1. The van der Waals surface area contributed by atoms with Gasteiger partial charge in [0.25, 0.3) is 5.91 Å². The van der Waals surface area contributed by atoms with Crippen LogP contribution in [0.25, 0.3) is 0 Å². The zero-order valence-electron chi connectivity index (χ0n) is 13.9. The summed E-state index contributed by atoms with van der Waals surface area (Å²) in [6.07, 6.45) is -2.51. The van der Waals surface area contributed by atoms with Gasteiger partial charge in [0, 0.05) is 13.2 Å². The molecule has 3 heterocycles. The molecule has 0 bridgehead atoms. The fourth-order valence-electron chi connectivity index (χ4n) is 3.21. The van der Waals surface area contributed by atoms with Crippen molar-refractivity contribution in [2.24, 2.45) is 0 Å². The lowest BCUT2D eigenvalue weighted by molar-refractivity contribution is -0.231.